The van der Waals surface area contributed by atoms with Crippen LogP contribution in [-0.4, -0.2) is 24.7 Å². The first-order chi connectivity index (χ1) is 9.62. The Hall–Kier alpha value is -2.48. The summed E-state index contributed by atoms with van der Waals surface area (Å²) in [5, 5.41) is 21.3. The van der Waals surface area contributed by atoms with Crippen molar-refractivity contribution in [1.29, 1.82) is 5.26 Å². The Bertz CT molecular complexity index is 545. The van der Waals surface area contributed by atoms with E-state index in [1.807, 2.05) is 13.0 Å². The highest BCUT2D eigenvalue weighted by atomic mass is 16.5. The van der Waals surface area contributed by atoms with Crippen LogP contribution in [0.2, 0.25) is 0 Å². The van der Waals surface area contributed by atoms with E-state index in [-0.39, 0.29) is 11.3 Å². The van der Waals surface area contributed by atoms with E-state index in [1.54, 1.807) is 12.1 Å². The van der Waals surface area contributed by atoms with Gasteiger partial charge in [0.25, 0.3) is 5.91 Å². The molecule has 0 aliphatic carbocycles. The van der Waals surface area contributed by atoms with Crippen molar-refractivity contribution in [2.45, 2.75) is 19.8 Å². The lowest BCUT2D eigenvalue weighted by Gasteiger charge is -2.05. The molecule has 1 aromatic rings. The van der Waals surface area contributed by atoms with Crippen LogP contribution in [0.1, 0.15) is 25.3 Å². The van der Waals surface area contributed by atoms with Crippen molar-refractivity contribution in [2.24, 2.45) is 0 Å². The number of hydrogen-bond donors (Lipinski definition) is 2. The van der Waals surface area contributed by atoms with Gasteiger partial charge in [0.2, 0.25) is 0 Å². The van der Waals surface area contributed by atoms with E-state index in [0.29, 0.717) is 17.9 Å². The van der Waals surface area contributed by atoms with Gasteiger partial charge >= 0.3 is 0 Å². The molecule has 0 aliphatic rings. The minimum absolute atomic E-state index is 0.00525. The molecule has 0 spiro atoms. The Kier molecular flexibility index (Phi) is 6.11. The predicted molar refractivity (Wildman–Crippen MR) is 76.2 cm³/mol. The van der Waals surface area contributed by atoms with Gasteiger partial charge in [-0.2, -0.15) is 5.26 Å². The van der Waals surface area contributed by atoms with Crippen LogP contribution in [0.3, 0.4) is 0 Å². The number of benzene rings is 1. The number of nitrogens with zero attached hydrogens (tertiary/aromatic N) is 1. The number of phenolic OH excluding ortho intramolecular Hbond substituents is 1. The zero-order chi connectivity index (χ0) is 15.0. The van der Waals surface area contributed by atoms with Crippen molar-refractivity contribution in [3.63, 3.8) is 0 Å². The van der Waals surface area contributed by atoms with Gasteiger partial charge in [0.05, 0.1) is 7.11 Å². The second-order valence-electron chi connectivity index (χ2n) is 4.21. The number of phenols is 1. The van der Waals surface area contributed by atoms with E-state index >= 15 is 0 Å². The van der Waals surface area contributed by atoms with Crippen molar-refractivity contribution in [1.82, 2.24) is 5.32 Å². The van der Waals surface area contributed by atoms with E-state index in [9.17, 15) is 9.90 Å². The van der Waals surface area contributed by atoms with Gasteiger partial charge in [-0.15, -0.1) is 0 Å². The fourth-order valence-corrected chi connectivity index (χ4v) is 1.59. The van der Waals surface area contributed by atoms with Crippen molar-refractivity contribution >= 4 is 12.0 Å². The van der Waals surface area contributed by atoms with Gasteiger partial charge < -0.3 is 15.2 Å². The van der Waals surface area contributed by atoms with Crippen LogP contribution in [0, 0.1) is 11.3 Å². The zero-order valence-electron chi connectivity index (χ0n) is 11.6. The molecule has 0 atom stereocenters. The predicted octanol–water partition coefficient (Wildman–Crippen LogP) is 2.22. The molecule has 0 aromatic heterocycles. The molecule has 0 heterocycles. The van der Waals surface area contributed by atoms with Crippen LogP contribution in [-0.2, 0) is 4.79 Å². The molecule has 20 heavy (non-hydrogen) atoms. The number of ether oxygens (including phenoxy) is 1. The quantitative estimate of drug-likeness (QED) is 0.473. The maximum Gasteiger partial charge on any atom is 0.261 e. The molecule has 0 bridgehead atoms. The summed E-state index contributed by atoms with van der Waals surface area (Å²) in [5.41, 5.74) is 0.566. The molecule has 0 unspecified atom stereocenters. The molecule has 1 aromatic carbocycles. The molecular formula is C15H18N2O3. The summed E-state index contributed by atoms with van der Waals surface area (Å²) >= 11 is 0. The van der Waals surface area contributed by atoms with Crippen LogP contribution in [0.15, 0.2) is 23.8 Å². The lowest BCUT2D eigenvalue weighted by atomic mass is 10.1. The van der Waals surface area contributed by atoms with Crippen molar-refractivity contribution in [2.75, 3.05) is 13.7 Å². The van der Waals surface area contributed by atoms with Gasteiger partial charge in [-0.1, -0.05) is 19.4 Å². The third-order valence-electron chi connectivity index (χ3n) is 2.69. The van der Waals surface area contributed by atoms with Crippen LogP contribution < -0.4 is 10.1 Å². The molecule has 5 heteroatoms. The van der Waals surface area contributed by atoms with Crippen molar-refractivity contribution < 1.29 is 14.6 Å². The fraction of sp³-hybridized carbons (Fsp3) is 0.333. The molecule has 1 amide bonds. The molecule has 1 rings (SSSR count). The number of rotatable bonds is 6. The second kappa shape index (κ2) is 7.85. The van der Waals surface area contributed by atoms with Gasteiger partial charge in [-0.05, 0) is 30.2 Å². The number of methoxy groups -OCH3 is 1. The Morgan fingerprint density at radius 2 is 2.30 bits per heavy atom. The maximum absolute atomic E-state index is 11.8. The summed E-state index contributed by atoms with van der Waals surface area (Å²) in [7, 11) is 1.45. The summed E-state index contributed by atoms with van der Waals surface area (Å²) in [6, 6.07) is 6.54. The summed E-state index contributed by atoms with van der Waals surface area (Å²) in [6.07, 6.45) is 3.27. The van der Waals surface area contributed by atoms with Crippen LogP contribution >= 0.6 is 0 Å². The summed E-state index contributed by atoms with van der Waals surface area (Å²) in [4.78, 5) is 11.8. The number of carbonyl (C=O) groups excluding carboxylic acids is 1. The van der Waals surface area contributed by atoms with Crippen molar-refractivity contribution in [3.8, 4) is 17.6 Å². The number of unbranched alkanes of at least 4 members (excludes halogenated alkanes) is 1. The fourth-order valence-electron chi connectivity index (χ4n) is 1.59. The topological polar surface area (TPSA) is 82.4 Å². The minimum atomic E-state index is -0.406. The van der Waals surface area contributed by atoms with Gasteiger partial charge in [-0.3, -0.25) is 4.79 Å². The highest BCUT2D eigenvalue weighted by molar-refractivity contribution is 6.01. The van der Waals surface area contributed by atoms with Gasteiger partial charge in [0, 0.05) is 6.54 Å². The number of carbonyl (C=O) groups is 1. The SMILES string of the molecule is CCCCNC(=O)/C(C#N)=C/c1ccc(OC)c(O)c1. The van der Waals surface area contributed by atoms with Crippen LogP contribution in [0.5, 0.6) is 11.5 Å². The Morgan fingerprint density at radius 1 is 1.55 bits per heavy atom. The Labute approximate surface area is 118 Å². The van der Waals surface area contributed by atoms with Gasteiger partial charge in [0.1, 0.15) is 11.6 Å². The standard InChI is InChI=1S/C15H18N2O3/c1-3-4-7-17-15(19)12(10-16)8-11-5-6-14(20-2)13(18)9-11/h5-6,8-9,18H,3-4,7H2,1-2H3,(H,17,19)/b12-8+. The third-order valence-corrected chi connectivity index (χ3v) is 2.69. The van der Waals surface area contributed by atoms with Gasteiger partial charge in [-0.25, -0.2) is 0 Å². The zero-order valence-corrected chi connectivity index (χ0v) is 11.6. The first-order valence-corrected chi connectivity index (χ1v) is 6.39. The third kappa shape index (κ3) is 4.32. The van der Waals surface area contributed by atoms with E-state index < -0.39 is 5.91 Å². The lowest BCUT2D eigenvalue weighted by Crippen LogP contribution is -2.25. The molecule has 2 N–H and O–H groups in total. The largest absolute Gasteiger partial charge is 0.504 e. The second-order valence-corrected chi connectivity index (χ2v) is 4.21. The summed E-state index contributed by atoms with van der Waals surface area (Å²) in [6.45, 7) is 2.57. The highest BCUT2D eigenvalue weighted by Crippen LogP contribution is 2.27. The van der Waals surface area contributed by atoms with E-state index in [4.69, 9.17) is 10.00 Å². The normalized spacial score (nSPS) is 10.8. The Morgan fingerprint density at radius 3 is 2.85 bits per heavy atom. The molecular weight excluding hydrogens is 256 g/mol. The average Bonchev–Trinajstić information content (AvgIpc) is 2.45. The summed E-state index contributed by atoms with van der Waals surface area (Å²) < 4.78 is 4.93. The lowest BCUT2D eigenvalue weighted by molar-refractivity contribution is -0.117. The minimum Gasteiger partial charge on any atom is -0.504 e. The monoisotopic (exact) mass is 274 g/mol. The Balaban J connectivity index is 2.86. The first-order valence-electron chi connectivity index (χ1n) is 6.39. The first kappa shape index (κ1) is 15.6. The molecule has 0 saturated carbocycles. The number of nitrogens with one attached hydrogen (secondary N) is 1. The van der Waals surface area contributed by atoms with E-state index in [1.165, 1.54) is 19.3 Å². The number of aromatic hydroxyl groups is 1. The molecule has 0 fully saturated rings. The summed E-state index contributed by atoms with van der Waals surface area (Å²) in [5.74, 6) is -0.103. The van der Waals surface area contributed by atoms with Gasteiger partial charge in [0.15, 0.2) is 11.5 Å². The molecule has 0 saturated heterocycles. The smallest absolute Gasteiger partial charge is 0.261 e. The van der Waals surface area contributed by atoms with Crippen LogP contribution in [0.25, 0.3) is 6.08 Å². The number of amides is 1. The molecule has 106 valence electrons. The number of nitriles is 1. The highest BCUT2D eigenvalue weighted by Gasteiger charge is 2.09. The van der Waals surface area contributed by atoms with Crippen molar-refractivity contribution in [3.05, 3.63) is 29.3 Å². The molecule has 0 aliphatic heterocycles. The molecule has 5 nitrogen and oxygen atoms in total. The average molecular weight is 274 g/mol. The number of hydrogen-bond acceptors (Lipinski definition) is 4. The van der Waals surface area contributed by atoms with Crippen LogP contribution in [0.4, 0.5) is 0 Å². The molecule has 0 radical (unpaired) electrons. The van der Waals surface area contributed by atoms with E-state index in [2.05, 4.69) is 5.32 Å². The van der Waals surface area contributed by atoms with E-state index in [0.717, 1.165) is 12.8 Å². The maximum atomic E-state index is 11.8.